The van der Waals surface area contributed by atoms with Gasteiger partial charge in [0.15, 0.2) is 4.71 Å². The van der Waals surface area contributed by atoms with Crippen LogP contribution in [0.1, 0.15) is 0 Å². The molecule has 1 atom stereocenters. The van der Waals surface area contributed by atoms with Crippen molar-refractivity contribution in [2.24, 2.45) is 0 Å². The van der Waals surface area contributed by atoms with E-state index in [-0.39, 0.29) is 0 Å². The van der Waals surface area contributed by atoms with Crippen LogP contribution in [0.5, 0.6) is 0 Å². The van der Waals surface area contributed by atoms with Gasteiger partial charge in [0.25, 0.3) is 0 Å². The molecule has 0 saturated carbocycles. The number of carbonyl (C=O) groups is 1. The first-order valence-electron chi connectivity index (χ1n) is 1.19. The van der Waals surface area contributed by atoms with Crippen molar-refractivity contribution >= 4 is 30.2 Å². The summed E-state index contributed by atoms with van der Waals surface area (Å²) in [6.45, 7) is 0. The third-order valence-electron chi connectivity index (χ3n) is 0.204. The normalized spacial score (nSPS) is 13.7. The van der Waals surface area contributed by atoms with Gasteiger partial charge in [0, 0.05) is 0 Å². The van der Waals surface area contributed by atoms with Crippen LogP contribution in [0.15, 0.2) is 0 Å². The molecule has 0 rings (SSSR count). The Labute approximate surface area is 45.5 Å². The van der Waals surface area contributed by atoms with E-state index >= 15 is 0 Å². The van der Waals surface area contributed by atoms with Crippen LogP contribution in [-0.4, -0.2) is 15.8 Å². The molecular weight excluding hydrogens is 124 g/mol. The molecule has 2 nitrogen and oxygen atoms in total. The van der Waals surface area contributed by atoms with Gasteiger partial charge >= 0.3 is 5.97 Å². The first-order chi connectivity index (χ1) is 2.64. The molecule has 0 saturated heterocycles. The van der Waals surface area contributed by atoms with Crippen LogP contribution in [0.3, 0.4) is 0 Å². The summed E-state index contributed by atoms with van der Waals surface area (Å²) in [5.41, 5.74) is 0. The van der Waals surface area contributed by atoms with E-state index in [9.17, 15) is 4.79 Å². The third-order valence-corrected chi connectivity index (χ3v) is 0.611. The Bertz CT molecular complexity index is 62.6. The summed E-state index contributed by atoms with van der Waals surface area (Å²) in [7, 11) is 0. The summed E-state index contributed by atoms with van der Waals surface area (Å²) >= 11 is 8.24. The fourth-order valence-electron chi connectivity index (χ4n) is 0. The Morgan fingerprint density at radius 3 is 2.17 bits per heavy atom. The van der Waals surface area contributed by atoms with Crippen LogP contribution < -0.4 is 0 Å². The van der Waals surface area contributed by atoms with Crippen molar-refractivity contribution in [3.63, 3.8) is 0 Å². The number of hydrogen-bond donors (Lipinski definition) is 2. The van der Waals surface area contributed by atoms with E-state index in [1.807, 2.05) is 0 Å². The maximum absolute atomic E-state index is 9.49. The molecule has 0 fully saturated rings. The van der Waals surface area contributed by atoms with Gasteiger partial charge in [-0.15, -0.1) is 12.6 Å². The lowest BCUT2D eigenvalue weighted by molar-refractivity contribution is -0.134. The fourth-order valence-corrected chi connectivity index (χ4v) is 0. The van der Waals surface area contributed by atoms with Crippen LogP contribution in [0.2, 0.25) is 0 Å². The average Bonchev–Trinajstić information content (AvgIpc) is 1.36. The lowest BCUT2D eigenvalue weighted by Gasteiger charge is -1.85. The minimum absolute atomic E-state index is 1.06. The predicted octanol–water partition coefficient (Wildman–Crippen LogP) is 0.566. The molecule has 0 aromatic carbocycles. The fraction of sp³-hybridized carbons (Fsp3) is 0.500. The molecule has 0 aliphatic heterocycles. The number of rotatable bonds is 1. The van der Waals surface area contributed by atoms with Gasteiger partial charge < -0.3 is 5.11 Å². The molecular formula is C2H3ClO2S. The quantitative estimate of drug-likeness (QED) is 0.398. The summed E-state index contributed by atoms with van der Waals surface area (Å²) in [6.07, 6.45) is 0. The Balaban J connectivity index is 3.26. The highest BCUT2D eigenvalue weighted by molar-refractivity contribution is 7.83. The van der Waals surface area contributed by atoms with Gasteiger partial charge in [-0.25, -0.2) is 4.79 Å². The number of carboxylic acid groups (broad SMARTS) is 1. The first kappa shape index (κ1) is 6.11. The molecule has 1 unspecified atom stereocenters. The van der Waals surface area contributed by atoms with E-state index in [0.717, 1.165) is 0 Å². The molecule has 36 valence electrons. The second-order valence-electron chi connectivity index (χ2n) is 0.674. The standard InChI is InChI=1S/C2H3ClO2S/c3-1(6)2(4)5/h1,6H,(H,4,5). The molecule has 0 heterocycles. The summed E-state index contributed by atoms with van der Waals surface area (Å²) in [5, 5.41) is 7.78. The van der Waals surface area contributed by atoms with Crippen molar-refractivity contribution in [1.29, 1.82) is 0 Å². The topological polar surface area (TPSA) is 37.3 Å². The van der Waals surface area contributed by atoms with E-state index in [0.29, 0.717) is 0 Å². The second kappa shape index (κ2) is 2.31. The third kappa shape index (κ3) is 2.35. The molecule has 0 bridgehead atoms. The summed E-state index contributed by atoms with van der Waals surface area (Å²) < 4.78 is -1.06. The number of halogens is 1. The minimum atomic E-state index is -1.11. The van der Waals surface area contributed by atoms with Crippen LogP contribution >= 0.6 is 24.2 Å². The smallest absolute Gasteiger partial charge is 0.331 e. The average molecular weight is 127 g/mol. The van der Waals surface area contributed by atoms with Crippen molar-refractivity contribution in [2.45, 2.75) is 4.71 Å². The van der Waals surface area contributed by atoms with Gasteiger partial charge in [-0.3, -0.25) is 0 Å². The molecule has 0 aromatic heterocycles. The van der Waals surface area contributed by atoms with Crippen molar-refractivity contribution in [2.75, 3.05) is 0 Å². The van der Waals surface area contributed by atoms with Crippen LogP contribution in [0, 0.1) is 0 Å². The Morgan fingerprint density at radius 2 is 2.17 bits per heavy atom. The van der Waals surface area contributed by atoms with Crippen molar-refractivity contribution in [1.82, 2.24) is 0 Å². The van der Waals surface area contributed by atoms with Crippen molar-refractivity contribution in [3.05, 3.63) is 0 Å². The van der Waals surface area contributed by atoms with Crippen molar-refractivity contribution < 1.29 is 9.90 Å². The van der Waals surface area contributed by atoms with Crippen molar-refractivity contribution in [3.8, 4) is 0 Å². The molecule has 4 heteroatoms. The predicted molar refractivity (Wildman–Crippen MR) is 26.3 cm³/mol. The van der Waals surface area contributed by atoms with E-state index < -0.39 is 10.7 Å². The lowest BCUT2D eigenvalue weighted by atomic mass is 10.8. The molecule has 0 spiro atoms. The highest BCUT2D eigenvalue weighted by Crippen LogP contribution is 1.97. The Kier molecular flexibility index (Phi) is 2.35. The zero-order valence-electron chi connectivity index (χ0n) is 2.76. The van der Waals surface area contributed by atoms with E-state index in [1.165, 1.54) is 0 Å². The number of alkyl halides is 1. The molecule has 0 amide bonds. The van der Waals surface area contributed by atoms with Crippen LogP contribution in [0.4, 0.5) is 0 Å². The largest absolute Gasteiger partial charge is 0.480 e. The molecule has 0 radical (unpaired) electrons. The summed E-state index contributed by atoms with van der Waals surface area (Å²) in [5.74, 6) is -1.11. The maximum Gasteiger partial charge on any atom is 0.331 e. The second-order valence-corrected chi connectivity index (χ2v) is 1.93. The number of carboxylic acids is 1. The maximum atomic E-state index is 9.49. The number of thiol groups is 1. The zero-order chi connectivity index (χ0) is 5.15. The van der Waals surface area contributed by atoms with Gasteiger partial charge in [0.1, 0.15) is 0 Å². The van der Waals surface area contributed by atoms with E-state index in [1.54, 1.807) is 0 Å². The summed E-state index contributed by atoms with van der Waals surface area (Å²) in [4.78, 5) is 9.49. The van der Waals surface area contributed by atoms with Gasteiger partial charge in [-0.05, 0) is 0 Å². The molecule has 6 heavy (non-hydrogen) atoms. The van der Waals surface area contributed by atoms with Crippen LogP contribution in [0.25, 0.3) is 0 Å². The SMILES string of the molecule is O=C(O)C(S)Cl. The molecule has 1 N–H and O–H groups in total. The van der Waals surface area contributed by atoms with E-state index in [2.05, 4.69) is 12.6 Å². The first-order valence-corrected chi connectivity index (χ1v) is 2.15. The Morgan fingerprint density at radius 1 is 2.00 bits per heavy atom. The van der Waals surface area contributed by atoms with Crippen LogP contribution in [-0.2, 0) is 4.79 Å². The highest BCUT2D eigenvalue weighted by Gasteiger charge is 2.03. The van der Waals surface area contributed by atoms with Gasteiger partial charge in [0.2, 0.25) is 0 Å². The lowest BCUT2D eigenvalue weighted by Crippen LogP contribution is -2.03. The minimum Gasteiger partial charge on any atom is -0.480 e. The van der Waals surface area contributed by atoms with Gasteiger partial charge in [-0.2, -0.15) is 0 Å². The number of hydrogen-bond acceptors (Lipinski definition) is 2. The molecule has 0 aromatic rings. The Hall–Kier alpha value is 0.110. The molecule has 0 aliphatic rings. The monoisotopic (exact) mass is 126 g/mol. The van der Waals surface area contributed by atoms with E-state index in [4.69, 9.17) is 16.7 Å². The number of aliphatic carboxylic acids is 1. The van der Waals surface area contributed by atoms with Gasteiger partial charge in [0.05, 0.1) is 0 Å². The summed E-state index contributed by atoms with van der Waals surface area (Å²) in [6, 6.07) is 0. The van der Waals surface area contributed by atoms with Gasteiger partial charge in [-0.1, -0.05) is 11.6 Å². The highest BCUT2D eigenvalue weighted by atomic mass is 35.5. The zero-order valence-corrected chi connectivity index (χ0v) is 4.41. The molecule has 0 aliphatic carbocycles.